The molecule has 0 bridgehead atoms. The molecule has 0 fully saturated rings. The highest BCUT2D eigenvalue weighted by Gasteiger charge is 2.19. The van der Waals surface area contributed by atoms with Gasteiger partial charge in [0.05, 0.1) is 13.2 Å². The predicted molar refractivity (Wildman–Crippen MR) is 53.7 cm³/mol. The molecule has 0 heterocycles. The van der Waals surface area contributed by atoms with E-state index < -0.39 is 6.04 Å². The highest BCUT2D eigenvalue weighted by atomic mass is 16.5. The maximum Gasteiger partial charge on any atom is 0.242 e. The average Bonchev–Trinajstić information content (AvgIpc) is 2.17. The van der Waals surface area contributed by atoms with Gasteiger partial charge in [-0.25, -0.2) is 0 Å². The SMILES string of the molecule is C=CCN(CCO)C(=O)C(N)COC. The van der Waals surface area contributed by atoms with Crippen molar-refractivity contribution in [3.8, 4) is 0 Å². The molecule has 1 amide bonds. The number of hydrogen-bond acceptors (Lipinski definition) is 4. The molecule has 0 saturated heterocycles. The highest BCUT2D eigenvalue weighted by molar-refractivity contribution is 5.81. The number of carbonyl (C=O) groups is 1. The molecule has 0 aliphatic carbocycles. The second-order valence-electron chi connectivity index (χ2n) is 2.86. The Balaban J connectivity index is 4.18. The minimum Gasteiger partial charge on any atom is -0.395 e. The van der Waals surface area contributed by atoms with E-state index in [0.29, 0.717) is 6.54 Å². The Kier molecular flexibility index (Phi) is 7.00. The average molecular weight is 202 g/mol. The van der Waals surface area contributed by atoms with Crippen molar-refractivity contribution >= 4 is 5.91 Å². The molecule has 1 atom stereocenters. The van der Waals surface area contributed by atoms with Gasteiger partial charge in [0.2, 0.25) is 5.91 Å². The van der Waals surface area contributed by atoms with Crippen LogP contribution in [0, 0.1) is 0 Å². The molecule has 5 nitrogen and oxygen atoms in total. The molecule has 0 saturated carbocycles. The van der Waals surface area contributed by atoms with Crippen molar-refractivity contribution in [2.45, 2.75) is 6.04 Å². The van der Waals surface area contributed by atoms with E-state index in [0.717, 1.165) is 0 Å². The number of ether oxygens (including phenoxy) is 1. The fourth-order valence-corrected chi connectivity index (χ4v) is 1.05. The van der Waals surface area contributed by atoms with E-state index in [1.54, 1.807) is 6.08 Å². The lowest BCUT2D eigenvalue weighted by molar-refractivity contribution is -0.133. The number of carbonyl (C=O) groups excluding carboxylic acids is 1. The second kappa shape index (κ2) is 7.49. The first-order valence-corrected chi connectivity index (χ1v) is 4.42. The predicted octanol–water partition coefficient (Wildman–Crippen LogP) is -1.03. The van der Waals surface area contributed by atoms with Crippen molar-refractivity contribution in [2.24, 2.45) is 5.73 Å². The van der Waals surface area contributed by atoms with Crippen molar-refractivity contribution in [1.29, 1.82) is 0 Å². The van der Waals surface area contributed by atoms with Gasteiger partial charge >= 0.3 is 0 Å². The Bertz CT molecular complexity index is 185. The molecule has 0 aliphatic rings. The number of hydrogen-bond donors (Lipinski definition) is 2. The summed E-state index contributed by atoms with van der Waals surface area (Å²) in [6, 6.07) is -0.675. The molecule has 0 aliphatic heterocycles. The molecule has 0 spiro atoms. The smallest absolute Gasteiger partial charge is 0.242 e. The number of nitrogens with zero attached hydrogens (tertiary/aromatic N) is 1. The first kappa shape index (κ1) is 13.1. The van der Waals surface area contributed by atoms with Crippen molar-refractivity contribution in [3.63, 3.8) is 0 Å². The minimum atomic E-state index is -0.675. The van der Waals surface area contributed by atoms with Crippen LogP contribution in [-0.2, 0) is 9.53 Å². The second-order valence-corrected chi connectivity index (χ2v) is 2.86. The summed E-state index contributed by atoms with van der Waals surface area (Å²) in [5, 5.41) is 8.72. The Morgan fingerprint density at radius 2 is 2.43 bits per heavy atom. The Morgan fingerprint density at radius 1 is 1.79 bits per heavy atom. The fourth-order valence-electron chi connectivity index (χ4n) is 1.05. The Hall–Kier alpha value is -0.910. The third kappa shape index (κ3) is 4.36. The molecule has 0 aromatic heterocycles. The van der Waals surface area contributed by atoms with Gasteiger partial charge in [0, 0.05) is 20.2 Å². The zero-order valence-electron chi connectivity index (χ0n) is 8.48. The summed E-state index contributed by atoms with van der Waals surface area (Å²) in [4.78, 5) is 13.0. The number of methoxy groups -OCH3 is 1. The maximum absolute atomic E-state index is 11.6. The molecule has 82 valence electrons. The maximum atomic E-state index is 11.6. The number of aliphatic hydroxyl groups is 1. The molecule has 0 radical (unpaired) electrons. The zero-order chi connectivity index (χ0) is 11.0. The van der Waals surface area contributed by atoms with Gasteiger partial charge in [-0.2, -0.15) is 0 Å². The molecule has 0 rings (SSSR count). The van der Waals surface area contributed by atoms with Crippen LogP contribution in [0.25, 0.3) is 0 Å². The van der Waals surface area contributed by atoms with E-state index in [1.807, 2.05) is 0 Å². The number of nitrogens with two attached hydrogens (primary N) is 1. The largest absolute Gasteiger partial charge is 0.395 e. The zero-order valence-corrected chi connectivity index (χ0v) is 8.48. The van der Waals surface area contributed by atoms with E-state index in [-0.39, 0.29) is 25.7 Å². The van der Waals surface area contributed by atoms with Crippen molar-refractivity contribution in [3.05, 3.63) is 12.7 Å². The topological polar surface area (TPSA) is 75.8 Å². The van der Waals surface area contributed by atoms with E-state index in [9.17, 15) is 4.79 Å². The van der Waals surface area contributed by atoms with E-state index in [1.165, 1.54) is 12.0 Å². The van der Waals surface area contributed by atoms with Crippen LogP contribution < -0.4 is 5.73 Å². The van der Waals surface area contributed by atoms with Crippen LogP contribution in [0.3, 0.4) is 0 Å². The van der Waals surface area contributed by atoms with Gasteiger partial charge in [0.15, 0.2) is 0 Å². The normalized spacial score (nSPS) is 12.2. The molecule has 0 aromatic rings. The van der Waals surface area contributed by atoms with Gasteiger partial charge in [0.1, 0.15) is 6.04 Å². The van der Waals surface area contributed by atoms with Crippen LogP contribution in [0.5, 0.6) is 0 Å². The first-order valence-electron chi connectivity index (χ1n) is 4.42. The standard InChI is InChI=1S/C9H18N2O3/c1-3-4-11(5-6-12)9(13)8(10)7-14-2/h3,8,12H,1,4-7,10H2,2H3. The van der Waals surface area contributed by atoms with Gasteiger partial charge in [-0.3, -0.25) is 4.79 Å². The van der Waals surface area contributed by atoms with Crippen LogP contribution >= 0.6 is 0 Å². The number of amides is 1. The third-order valence-corrected chi connectivity index (χ3v) is 1.69. The molecular weight excluding hydrogens is 184 g/mol. The lowest BCUT2D eigenvalue weighted by Crippen LogP contribution is -2.47. The van der Waals surface area contributed by atoms with E-state index >= 15 is 0 Å². The molecule has 3 N–H and O–H groups in total. The van der Waals surface area contributed by atoms with E-state index in [4.69, 9.17) is 15.6 Å². The first-order chi connectivity index (χ1) is 6.67. The minimum absolute atomic E-state index is 0.0840. The third-order valence-electron chi connectivity index (χ3n) is 1.69. The quantitative estimate of drug-likeness (QED) is 0.517. The van der Waals surface area contributed by atoms with Crippen molar-refractivity contribution in [2.75, 3.05) is 33.4 Å². The van der Waals surface area contributed by atoms with Gasteiger partial charge in [-0.1, -0.05) is 6.08 Å². The van der Waals surface area contributed by atoms with E-state index in [2.05, 4.69) is 6.58 Å². The summed E-state index contributed by atoms with van der Waals surface area (Å²) < 4.78 is 4.77. The van der Waals surface area contributed by atoms with Crippen molar-refractivity contribution < 1.29 is 14.6 Å². The van der Waals surface area contributed by atoms with Gasteiger partial charge < -0.3 is 20.5 Å². The number of aliphatic hydroxyl groups excluding tert-OH is 1. The molecule has 0 aromatic carbocycles. The van der Waals surface area contributed by atoms with Crippen LogP contribution in [0.4, 0.5) is 0 Å². The molecule has 1 unspecified atom stereocenters. The van der Waals surface area contributed by atoms with Crippen LogP contribution in [0.2, 0.25) is 0 Å². The highest BCUT2D eigenvalue weighted by Crippen LogP contribution is 1.94. The lowest BCUT2D eigenvalue weighted by atomic mass is 10.2. The summed E-state index contributed by atoms with van der Waals surface area (Å²) in [6.45, 7) is 4.27. The Morgan fingerprint density at radius 3 is 2.86 bits per heavy atom. The molecular formula is C9H18N2O3. The fraction of sp³-hybridized carbons (Fsp3) is 0.667. The van der Waals surface area contributed by atoms with Crippen molar-refractivity contribution in [1.82, 2.24) is 4.90 Å². The summed E-state index contributed by atoms with van der Waals surface area (Å²) in [6.07, 6.45) is 1.59. The molecule has 14 heavy (non-hydrogen) atoms. The van der Waals surface area contributed by atoms with Crippen LogP contribution in [0.15, 0.2) is 12.7 Å². The summed E-state index contributed by atoms with van der Waals surface area (Å²) >= 11 is 0. The summed E-state index contributed by atoms with van der Waals surface area (Å²) in [5.74, 6) is -0.235. The van der Waals surface area contributed by atoms with Crippen LogP contribution in [-0.4, -0.2) is 55.4 Å². The van der Waals surface area contributed by atoms with Gasteiger partial charge in [-0.15, -0.1) is 6.58 Å². The molecule has 5 heteroatoms. The van der Waals surface area contributed by atoms with Crippen LogP contribution in [0.1, 0.15) is 0 Å². The summed E-state index contributed by atoms with van der Waals surface area (Å²) in [7, 11) is 1.48. The summed E-state index contributed by atoms with van der Waals surface area (Å²) in [5.41, 5.74) is 5.56. The Labute approximate surface area is 84.1 Å². The number of rotatable bonds is 7. The van der Waals surface area contributed by atoms with Gasteiger partial charge in [-0.05, 0) is 0 Å². The van der Waals surface area contributed by atoms with Gasteiger partial charge in [0.25, 0.3) is 0 Å². The lowest BCUT2D eigenvalue weighted by Gasteiger charge is -2.23. The monoisotopic (exact) mass is 202 g/mol.